The number of carbonyl (C=O) groups excluding carboxylic acids is 1. The Hall–Kier alpha value is -2.12. The number of rotatable bonds is 6. The van der Waals surface area contributed by atoms with Gasteiger partial charge in [0.15, 0.2) is 0 Å². The quantitative estimate of drug-likeness (QED) is 0.863. The van der Waals surface area contributed by atoms with Crippen LogP contribution in [-0.2, 0) is 23.5 Å². The Morgan fingerprint density at radius 3 is 2.35 bits per heavy atom. The Morgan fingerprint density at radius 1 is 1.17 bits per heavy atom. The lowest BCUT2D eigenvalue weighted by molar-refractivity contribution is 0.0954. The third-order valence-electron chi connectivity index (χ3n) is 3.49. The second-order valence-electron chi connectivity index (χ2n) is 5.50. The number of nitrogens with zero attached hydrogens (tertiary/aromatic N) is 2. The van der Waals surface area contributed by atoms with Crippen LogP contribution in [0, 0.1) is 0 Å². The van der Waals surface area contributed by atoms with Crippen molar-refractivity contribution < 1.29 is 13.2 Å². The molecule has 0 saturated heterocycles. The van der Waals surface area contributed by atoms with E-state index in [4.69, 9.17) is 0 Å². The molecule has 0 aliphatic rings. The molecule has 0 bridgehead atoms. The first-order valence-electron chi connectivity index (χ1n) is 7.22. The summed E-state index contributed by atoms with van der Waals surface area (Å²) in [6.45, 7) is 0.528. The van der Waals surface area contributed by atoms with Gasteiger partial charge in [0.2, 0.25) is 10.0 Å². The predicted octanol–water partition coefficient (Wildman–Crippen LogP) is 1.25. The molecule has 23 heavy (non-hydrogen) atoms. The second kappa shape index (κ2) is 6.97. The molecule has 0 spiro atoms. The summed E-state index contributed by atoms with van der Waals surface area (Å²) >= 11 is 0. The van der Waals surface area contributed by atoms with Crippen molar-refractivity contribution in [3.8, 4) is 0 Å². The van der Waals surface area contributed by atoms with Crippen molar-refractivity contribution in [2.45, 2.75) is 11.3 Å². The number of hydrogen-bond acceptors (Lipinski definition) is 3. The van der Waals surface area contributed by atoms with Gasteiger partial charge in [0.05, 0.1) is 4.90 Å². The Labute approximate surface area is 136 Å². The normalized spacial score (nSPS) is 11.7. The molecule has 124 valence electrons. The molecular weight excluding hydrogens is 314 g/mol. The number of sulfonamides is 1. The molecule has 6 nitrogen and oxygen atoms in total. The highest BCUT2D eigenvalue weighted by molar-refractivity contribution is 7.89. The highest BCUT2D eigenvalue weighted by Gasteiger charge is 2.17. The van der Waals surface area contributed by atoms with Gasteiger partial charge in [0, 0.05) is 45.6 Å². The summed E-state index contributed by atoms with van der Waals surface area (Å²) < 4.78 is 27.0. The summed E-state index contributed by atoms with van der Waals surface area (Å²) in [4.78, 5) is 12.2. The van der Waals surface area contributed by atoms with Gasteiger partial charge in [-0.1, -0.05) is 0 Å². The van der Waals surface area contributed by atoms with E-state index in [0.717, 1.165) is 16.3 Å². The van der Waals surface area contributed by atoms with Crippen LogP contribution in [0.25, 0.3) is 0 Å². The zero-order valence-electron chi connectivity index (χ0n) is 13.5. The van der Waals surface area contributed by atoms with Crippen LogP contribution < -0.4 is 5.32 Å². The van der Waals surface area contributed by atoms with Crippen LogP contribution in [0.4, 0.5) is 0 Å². The van der Waals surface area contributed by atoms with Crippen molar-refractivity contribution in [2.24, 2.45) is 7.05 Å². The smallest absolute Gasteiger partial charge is 0.251 e. The number of amides is 1. The molecule has 0 radical (unpaired) electrons. The minimum absolute atomic E-state index is 0.170. The Balaban J connectivity index is 1.95. The Kier molecular flexibility index (Phi) is 5.23. The highest BCUT2D eigenvalue weighted by atomic mass is 32.2. The summed E-state index contributed by atoms with van der Waals surface area (Å²) in [6.07, 6.45) is 4.72. The van der Waals surface area contributed by atoms with Crippen LogP contribution in [0.1, 0.15) is 15.9 Å². The van der Waals surface area contributed by atoms with Gasteiger partial charge in [-0.2, -0.15) is 0 Å². The monoisotopic (exact) mass is 335 g/mol. The minimum Gasteiger partial charge on any atom is -0.357 e. The average Bonchev–Trinajstić information content (AvgIpc) is 2.92. The van der Waals surface area contributed by atoms with E-state index in [1.807, 2.05) is 30.1 Å². The van der Waals surface area contributed by atoms with E-state index in [1.54, 1.807) is 0 Å². The number of hydrogen-bond donors (Lipinski definition) is 1. The van der Waals surface area contributed by atoms with Gasteiger partial charge in [-0.3, -0.25) is 4.79 Å². The molecular formula is C16H21N3O3S. The molecule has 1 aromatic carbocycles. The highest BCUT2D eigenvalue weighted by Crippen LogP contribution is 2.14. The molecule has 0 atom stereocenters. The second-order valence-corrected chi connectivity index (χ2v) is 7.65. The Morgan fingerprint density at radius 2 is 1.83 bits per heavy atom. The van der Waals surface area contributed by atoms with Crippen LogP contribution in [-0.4, -0.2) is 43.8 Å². The zero-order chi connectivity index (χ0) is 17.0. The fourth-order valence-electron chi connectivity index (χ4n) is 2.12. The van der Waals surface area contributed by atoms with E-state index in [2.05, 4.69) is 5.32 Å². The molecule has 0 fully saturated rings. The van der Waals surface area contributed by atoms with E-state index in [9.17, 15) is 13.2 Å². The van der Waals surface area contributed by atoms with E-state index in [-0.39, 0.29) is 10.8 Å². The number of nitrogens with one attached hydrogen (secondary N) is 1. The Bertz CT molecular complexity index is 777. The summed E-state index contributed by atoms with van der Waals surface area (Å²) in [7, 11) is 1.42. The topological polar surface area (TPSA) is 71.4 Å². The van der Waals surface area contributed by atoms with Crippen molar-refractivity contribution in [3.63, 3.8) is 0 Å². The molecule has 0 aliphatic carbocycles. The fraction of sp³-hybridized carbons (Fsp3) is 0.312. The first-order valence-corrected chi connectivity index (χ1v) is 8.66. The van der Waals surface area contributed by atoms with E-state index in [1.165, 1.54) is 38.4 Å². The number of benzene rings is 1. The predicted molar refractivity (Wildman–Crippen MR) is 88.8 cm³/mol. The maximum atomic E-state index is 12.1. The van der Waals surface area contributed by atoms with Crippen LogP contribution in [0.2, 0.25) is 0 Å². The number of aryl methyl sites for hydroxylation is 1. The van der Waals surface area contributed by atoms with Gasteiger partial charge in [-0.25, -0.2) is 12.7 Å². The third-order valence-corrected chi connectivity index (χ3v) is 5.32. The van der Waals surface area contributed by atoms with Gasteiger partial charge < -0.3 is 9.88 Å². The summed E-state index contributed by atoms with van der Waals surface area (Å²) in [5.41, 5.74) is 1.59. The summed E-state index contributed by atoms with van der Waals surface area (Å²) in [5.74, 6) is -0.213. The molecule has 1 aromatic heterocycles. The molecule has 0 saturated carbocycles. The number of carbonyl (C=O) groups is 1. The van der Waals surface area contributed by atoms with Crippen molar-refractivity contribution in [1.29, 1.82) is 0 Å². The largest absolute Gasteiger partial charge is 0.357 e. The molecule has 2 aromatic rings. The fourth-order valence-corrected chi connectivity index (χ4v) is 3.02. The first-order chi connectivity index (χ1) is 10.8. The standard InChI is InChI=1S/C16H21N3O3S/c1-18(2)23(21,22)15-6-4-14(5-7-15)16(20)17-10-8-13-9-11-19(3)12-13/h4-7,9,11-12H,8,10H2,1-3H3,(H,17,20). The van der Waals surface area contributed by atoms with Gasteiger partial charge in [0.25, 0.3) is 5.91 Å². The van der Waals surface area contributed by atoms with Crippen LogP contribution in [0.5, 0.6) is 0 Å². The lowest BCUT2D eigenvalue weighted by Crippen LogP contribution is -2.26. The lowest BCUT2D eigenvalue weighted by atomic mass is 10.2. The summed E-state index contributed by atoms with van der Waals surface area (Å²) in [5, 5.41) is 2.83. The molecule has 0 aliphatic heterocycles. The lowest BCUT2D eigenvalue weighted by Gasteiger charge is -2.11. The first kappa shape index (κ1) is 17.2. The molecule has 1 N–H and O–H groups in total. The molecule has 1 heterocycles. The SMILES string of the molecule is CN(C)S(=O)(=O)c1ccc(C(=O)NCCc2ccn(C)c2)cc1. The van der Waals surface area contributed by atoms with Crippen LogP contribution in [0.15, 0.2) is 47.6 Å². The van der Waals surface area contributed by atoms with Crippen molar-refractivity contribution in [1.82, 2.24) is 14.2 Å². The minimum atomic E-state index is -3.47. The summed E-state index contributed by atoms with van der Waals surface area (Å²) in [6, 6.07) is 7.94. The van der Waals surface area contributed by atoms with E-state index >= 15 is 0 Å². The van der Waals surface area contributed by atoms with Crippen molar-refractivity contribution >= 4 is 15.9 Å². The van der Waals surface area contributed by atoms with E-state index < -0.39 is 10.0 Å². The van der Waals surface area contributed by atoms with Gasteiger partial charge in [-0.15, -0.1) is 0 Å². The average molecular weight is 335 g/mol. The maximum Gasteiger partial charge on any atom is 0.251 e. The molecule has 7 heteroatoms. The molecule has 2 rings (SSSR count). The molecule has 0 unspecified atom stereocenters. The van der Waals surface area contributed by atoms with Gasteiger partial charge >= 0.3 is 0 Å². The third kappa shape index (κ3) is 4.20. The van der Waals surface area contributed by atoms with Crippen molar-refractivity contribution in [2.75, 3.05) is 20.6 Å². The van der Waals surface area contributed by atoms with Gasteiger partial charge in [0.1, 0.15) is 0 Å². The number of aromatic nitrogens is 1. The molecule has 1 amide bonds. The van der Waals surface area contributed by atoms with Gasteiger partial charge in [-0.05, 0) is 42.3 Å². The van der Waals surface area contributed by atoms with Crippen LogP contribution >= 0.6 is 0 Å². The zero-order valence-corrected chi connectivity index (χ0v) is 14.3. The van der Waals surface area contributed by atoms with E-state index in [0.29, 0.717) is 12.1 Å². The maximum absolute atomic E-state index is 12.1. The van der Waals surface area contributed by atoms with Crippen molar-refractivity contribution in [3.05, 3.63) is 53.9 Å². The van der Waals surface area contributed by atoms with Crippen LogP contribution in [0.3, 0.4) is 0 Å².